The van der Waals surface area contributed by atoms with Crippen LogP contribution in [0.5, 0.6) is 0 Å². The molecule has 0 radical (unpaired) electrons. The Morgan fingerprint density at radius 1 is 1.28 bits per heavy atom. The van der Waals surface area contributed by atoms with Gasteiger partial charge in [0.2, 0.25) is 5.95 Å². The van der Waals surface area contributed by atoms with E-state index < -0.39 is 0 Å². The van der Waals surface area contributed by atoms with Gasteiger partial charge in [0, 0.05) is 17.9 Å². The van der Waals surface area contributed by atoms with Gasteiger partial charge in [-0.1, -0.05) is 0 Å². The van der Waals surface area contributed by atoms with Crippen LogP contribution in [0.25, 0.3) is 0 Å². The summed E-state index contributed by atoms with van der Waals surface area (Å²) in [7, 11) is 0. The molecule has 2 N–H and O–H groups in total. The Bertz CT molecular complexity index is 949. The number of amides is 1. The number of pyridine rings is 1. The monoisotopic (exact) mass is 392 g/mol. The summed E-state index contributed by atoms with van der Waals surface area (Å²) in [5.74, 6) is 0.767. The van der Waals surface area contributed by atoms with Crippen LogP contribution in [0.4, 0.5) is 16.4 Å². The average Bonchev–Trinajstić information content (AvgIpc) is 3.24. The van der Waals surface area contributed by atoms with Gasteiger partial charge in [0.05, 0.1) is 11.4 Å². The number of nitrogens with zero attached hydrogens (tertiary/aromatic N) is 4. The van der Waals surface area contributed by atoms with Crippen molar-refractivity contribution in [3.8, 4) is 6.07 Å². The highest BCUT2D eigenvalue weighted by atomic mass is 16.6. The number of hydrogen-bond donors (Lipinski definition) is 2. The lowest BCUT2D eigenvalue weighted by molar-refractivity contribution is 0.0967. The van der Waals surface area contributed by atoms with E-state index in [4.69, 9.17) is 10.00 Å². The summed E-state index contributed by atoms with van der Waals surface area (Å²) in [6.45, 7) is 3.87. The first kappa shape index (κ1) is 19.1. The van der Waals surface area contributed by atoms with Gasteiger partial charge >= 0.3 is 6.09 Å². The Labute approximate surface area is 169 Å². The molecule has 1 amide bonds. The van der Waals surface area contributed by atoms with Crippen LogP contribution in [-0.2, 0) is 4.74 Å². The Balaban J connectivity index is 1.32. The van der Waals surface area contributed by atoms with Crippen LogP contribution in [0, 0.1) is 18.3 Å². The zero-order valence-corrected chi connectivity index (χ0v) is 16.6. The number of carbonyl (C=O) groups is 1. The molecule has 8 nitrogen and oxygen atoms in total. The molecule has 0 spiro atoms. The molecule has 2 atom stereocenters. The van der Waals surface area contributed by atoms with Gasteiger partial charge in [-0.3, -0.25) is 0 Å². The third-order valence-electron chi connectivity index (χ3n) is 5.65. The molecule has 0 saturated heterocycles. The quantitative estimate of drug-likeness (QED) is 0.797. The van der Waals surface area contributed by atoms with E-state index in [1.807, 2.05) is 32.3 Å². The molecule has 0 aliphatic heterocycles. The van der Waals surface area contributed by atoms with Crippen LogP contribution in [-0.4, -0.2) is 32.7 Å². The molecule has 2 fully saturated rings. The zero-order valence-electron chi connectivity index (χ0n) is 16.6. The van der Waals surface area contributed by atoms with Crippen LogP contribution >= 0.6 is 0 Å². The second-order valence-electron chi connectivity index (χ2n) is 8.13. The molecule has 2 saturated carbocycles. The molecule has 0 aromatic carbocycles. The van der Waals surface area contributed by atoms with E-state index in [-0.39, 0.29) is 23.7 Å². The zero-order chi connectivity index (χ0) is 20.4. The van der Waals surface area contributed by atoms with Gasteiger partial charge in [-0.15, -0.1) is 0 Å². The van der Waals surface area contributed by atoms with Gasteiger partial charge in [0.25, 0.3) is 0 Å². The Morgan fingerprint density at radius 2 is 2.03 bits per heavy atom. The standard InChI is InChI=1S/C21H24N6O2/c1-13-18(6-4-16(10-22)25-13)26-19-23-11-15(12-24-19)14-3-5-17(9-14)29-20(28)27-21(2)7-8-21/h4,6,11-12,14,17H,3,5,7-9H2,1-2H3,(H,27,28)(H,23,24,26)/t14-,17+/m0/s1. The summed E-state index contributed by atoms with van der Waals surface area (Å²) < 4.78 is 5.58. The fourth-order valence-corrected chi connectivity index (χ4v) is 3.58. The molecule has 0 unspecified atom stereocenters. The summed E-state index contributed by atoms with van der Waals surface area (Å²) in [5.41, 5.74) is 2.84. The summed E-state index contributed by atoms with van der Waals surface area (Å²) in [4.78, 5) is 25.0. The lowest BCUT2D eigenvalue weighted by atomic mass is 10.0. The number of alkyl carbamates (subject to hydrolysis) is 1. The fourth-order valence-electron chi connectivity index (χ4n) is 3.58. The van der Waals surface area contributed by atoms with E-state index in [9.17, 15) is 4.79 Å². The molecule has 2 aromatic heterocycles. The highest BCUT2D eigenvalue weighted by Crippen LogP contribution is 2.37. The highest BCUT2D eigenvalue weighted by Gasteiger charge is 2.40. The number of aryl methyl sites for hydroxylation is 1. The summed E-state index contributed by atoms with van der Waals surface area (Å²) >= 11 is 0. The maximum Gasteiger partial charge on any atom is 0.407 e. The van der Waals surface area contributed by atoms with E-state index in [2.05, 4.69) is 25.6 Å². The van der Waals surface area contributed by atoms with E-state index in [1.54, 1.807) is 12.1 Å². The Morgan fingerprint density at radius 3 is 2.69 bits per heavy atom. The predicted octanol–water partition coefficient (Wildman–Crippen LogP) is 3.71. The van der Waals surface area contributed by atoms with Gasteiger partial charge in [-0.25, -0.2) is 19.7 Å². The minimum Gasteiger partial charge on any atom is -0.446 e. The normalized spacial score (nSPS) is 21.8. The second-order valence-corrected chi connectivity index (χ2v) is 8.13. The first-order valence-electron chi connectivity index (χ1n) is 9.90. The van der Waals surface area contributed by atoms with Crippen molar-refractivity contribution in [2.24, 2.45) is 0 Å². The van der Waals surface area contributed by atoms with Crippen molar-refractivity contribution < 1.29 is 9.53 Å². The maximum atomic E-state index is 12.0. The maximum absolute atomic E-state index is 12.0. The van der Waals surface area contributed by atoms with Crippen LogP contribution in [0.3, 0.4) is 0 Å². The molecule has 2 aliphatic rings. The molecule has 2 aromatic rings. The third kappa shape index (κ3) is 4.62. The number of rotatable bonds is 5. The smallest absolute Gasteiger partial charge is 0.407 e. The largest absolute Gasteiger partial charge is 0.446 e. The lowest BCUT2D eigenvalue weighted by Gasteiger charge is -2.16. The van der Waals surface area contributed by atoms with Gasteiger partial charge in [0.15, 0.2) is 0 Å². The van der Waals surface area contributed by atoms with Crippen molar-refractivity contribution in [1.29, 1.82) is 5.26 Å². The summed E-state index contributed by atoms with van der Waals surface area (Å²) in [6, 6.07) is 5.47. The molecule has 2 aliphatic carbocycles. The van der Waals surface area contributed by atoms with Crippen molar-refractivity contribution >= 4 is 17.7 Å². The Kier molecular flexibility index (Phi) is 5.05. The summed E-state index contributed by atoms with van der Waals surface area (Å²) in [5, 5.41) is 15.0. The predicted molar refractivity (Wildman–Crippen MR) is 107 cm³/mol. The minimum atomic E-state index is -0.308. The van der Waals surface area contributed by atoms with Gasteiger partial charge in [0.1, 0.15) is 17.9 Å². The molecule has 8 heteroatoms. The number of anilines is 2. The molecule has 4 rings (SSSR count). The first-order chi connectivity index (χ1) is 13.9. The number of aromatic nitrogens is 3. The van der Waals surface area contributed by atoms with E-state index >= 15 is 0 Å². The van der Waals surface area contributed by atoms with Crippen molar-refractivity contribution in [1.82, 2.24) is 20.3 Å². The summed E-state index contributed by atoms with van der Waals surface area (Å²) in [6.07, 6.45) is 7.90. The highest BCUT2D eigenvalue weighted by molar-refractivity contribution is 5.69. The van der Waals surface area contributed by atoms with Crippen molar-refractivity contribution in [3.05, 3.63) is 41.5 Å². The third-order valence-corrected chi connectivity index (χ3v) is 5.65. The molecule has 29 heavy (non-hydrogen) atoms. The lowest BCUT2D eigenvalue weighted by Crippen LogP contribution is -2.36. The van der Waals surface area contributed by atoms with Gasteiger partial charge < -0.3 is 15.4 Å². The van der Waals surface area contributed by atoms with E-state index in [0.29, 0.717) is 17.3 Å². The van der Waals surface area contributed by atoms with Crippen molar-refractivity contribution in [2.75, 3.05) is 5.32 Å². The first-order valence-corrected chi connectivity index (χ1v) is 9.90. The van der Waals surface area contributed by atoms with Gasteiger partial charge in [-0.2, -0.15) is 5.26 Å². The van der Waals surface area contributed by atoms with Crippen LogP contribution in [0.1, 0.15) is 61.9 Å². The number of hydrogen-bond acceptors (Lipinski definition) is 7. The number of ether oxygens (including phenoxy) is 1. The molecule has 150 valence electrons. The van der Waals surface area contributed by atoms with Crippen LogP contribution < -0.4 is 10.6 Å². The second kappa shape index (κ2) is 7.66. The topological polar surface area (TPSA) is 113 Å². The van der Waals surface area contributed by atoms with E-state index in [0.717, 1.165) is 43.4 Å². The number of carbonyl (C=O) groups excluding carboxylic acids is 1. The number of nitriles is 1. The van der Waals surface area contributed by atoms with Crippen molar-refractivity contribution in [3.63, 3.8) is 0 Å². The van der Waals surface area contributed by atoms with Crippen LogP contribution in [0.15, 0.2) is 24.5 Å². The van der Waals surface area contributed by atoms with Gasteiger partial charge in [-0.05, 0) is 69.6 Å². The van der Waals surface area contributed by atoms with Crippen molar-refractivity contribution in [2.45, 2.75) is 63.5 Å². The Hall–Kier alpha value is -3.21. The number of nitrogens with one attached hydrogen (secondary N) is 2. The fraction of sp³-hybridized carbons (Fsp3) is 0.476. The molecule has 2 heterocycles. The molecular weight excluding hydrogens is 368 g/mol. The minimum absolute atomic E-state index is 0.0609. The molecular formula is C21H24N6O2. The average molecular weight is 392 g/mol. The van der Waals surface area contributed by atoms with E-state index in [1.165, 1.54) is 0 Å². The molecule has 0 bridgehead atoms. The SMILES string of the molecule is Cc1nc(C#N)ccc1Nc1ncc([C@H]2CC[C@@H](OC(=O)NC3(C)CC3)C2)cn1. The van der Waals surface area contributed by atoms with Crippen LogP contribution in [0.2, 0.25) is 0 Å².